The summed E-state index contributed by atoms with van der Waals surface area (Å²) in [5, 5.41) is 11.0. The summed E-state index contributed by atoms with van der Waals surface area (Å²) in [7, 11) is 0. The van der Waals surface area contributed by atoms with E-state index in [4.69, 9.17) is 18.6 Å². The zero-order valence-electron chi connectivity index (χ0n) is 16.7. The van der Waals surface area contributed by atoms with Gasteiger partial charge in [-0.1, -0.05) is 17.8 Å². The van der Waals surface area contributed by atoms with Gasteiger partial charge in [0.1, 0.15) is 24.8 Å². The molecule has 3 aromatic rings. The number of nitrogens with zero attached hydrogens (tertiary/aromatic N) is 2. The summed E-state index contributed by atoms with van der Waals surface area (Å²) in [6.07, 6.45) is 0. The summed E-state index contributed by atoms with van der Waals surface area (Å²) in [6.45, 7) is 2.98. The third-order valence-corrected chi connectivity index (χ3v) is 5.21. The number of rotatable bonds is 8. The molecule has 0 bridgehead atoms. The number of carbonyl (C=O) groups excluding carboxylic acids is 1. The standard InChI is InChI=1S/C21H20FN3O5S/c1-13(14-2-7-17-18(10-14)28-9-8-27-17)23-19(26)12-31-21-25-24-20(30-21)11-29-16-5-3-15(22)4-6-16/h2-7,10,13H,8-9,11-12H2,1H3,(H,23,26)/t13-/m1/s1. The van der Waals surface area contributed by atoms with Gasteiger partial charge in [0.25, 0.3) is 11.1 Å². The smallest absolute Gasteiger partial charge is 0.277 e. The molecule has 1 aromatic heterocycles. The Hall–Kier alpha value is -3.27. The zero-order chi connectivity index (χ0) is 21.6. The molecule has 162 valence electrons. The van der Waals surface area contributed by atoms with E-state index in [0.717, 1.165) is 17.3 Å². The van der Waals surface area contributed by atoms with Crippen molar-refractivity contribution in [3.63, 3.8) is 0 Å². The predicted octanol–water partition coefficient (Wildman–Crippen LogP) is 3.53. The van der Waals surface area contributed by atoms with Gasteiger partial charge in [0.15, 0.2) is 18.1 Å². The first-order valence-electron chi connectivity index (χ1n) is 9.59. The molecule has 10 heteroatoms. The van der Waals surface area contributed by atoms with Crippen LogP contribution in [0, 0.1) is 5.82 Å². The number of hydrogen-bond acceptors (Lipinski definition) is 8. The molecule has 1 aliphatic rings. The molecular weight excluding hydrogens is 425 g/mol. The van der Waals surface area contributed by atoms with Gasteiger partial charge in [0, 0.05) is 0 Å². The molecule has 4 rings (SSSR count). The van der Waals surface area contributed by atoms with E-state index in [0.29, 0.717) is 30.5 Å². The number of amides is 1. The van der Waals surface area contributed by atoms with Gasteiger partial charge in [-0.15, -0.1) is 10.2 Å². The SMILES string of the molecule is C[C@@H](NC(=O)CSc1nnc(COc2ccc(F)cc2)o1)c1ccc2c(c1)OCCO2. The lowest BCUT2D eigenvalue weighted by Crippen LogP contribution is -2.28. The van der Waals surface area contributed by atoms with E-state index in [1.165, 1.54) is 24.3 Å². The number of nitrogens with one attached hydrogen (secondary N) is 1. The van der Waals surface area contributed by atoms with Crippen LogP contribution in [0.2, 0.25) is 0 Å². The number of fused-ring (bicyclic) bond motifs is 1. The van der Waals surface area contributed by atoms with E-state index in [-0.39, 0.29) is 41.2 Å². The van der Waals surface area contributed by atoms with E-state index in [1.807, 2.05) is 25.1 Å². The van der Waals surface area contributed by atoms with Gasteiger partial charge in [-0.2, -0.15) is 0 Å². The molecule has 1 atom stereocenters. The van der Waals surface area contributed by atoms with Gasteiger partial charge >= 0.3 is 0 Å². The monoisotopic (exact) mass is 445 g/mol. The van der Waals surface area contributed by atoms with Crippen molar-refractivity contribution < 1.29 is 27.8 Å². The minimum Gasteiger partial charge on any atom is -0.486 e. The molecule has 0 unspecified atom stereocenters. The predicted molar refractivity (Wildman–Crippen MR) is 110 cm³/mol. The van der Waals surface area contributed by atoms with E-state index >= 15 is 0 Å². The van der Waals surface area contributed by atoms with Crippen LogP contribution >= 0.6 is 11.8 Å². The van der Waals surface area contributed by atoms with Crippen molar-refractivity contribution in [1.82, 2.24) is 15.5 Å². The quantitative estimate of drug-likeness (QED) is 0.526. The van der Waals surface area contributed by atoms with Gasteiger partial charge in [-0.05, 0) is 48.9 Å². The van der Waals surface area contributed by atoms with Crippen LogP contribution in [0.25, 0.3) is 0 Å². The molecule has 0 spiro atoms. The Labute approximate surface area is 182 Å². The fourth-order valence-corrected chi connectivity index (χ4v) is 3.45. The average Bonchev–Trinajstić information content (AvgIpc) is 3.25. The Bertz CT molecular complexity index is 1040. The van der Waals surface area contributed by atoms with Crippen LogP contribution in [0.4, 0.5) is 4.39 Å². The second-order valence-corrected chi connectivity index (χ2v) is 7.61. The van der Waals surface area contributed by atoms with E-state index in [2.05, 4.69) is 15.5 Å². The van der Waals surface area contributed by atoms with Crippen molar-refractivity contribution in [2.24, 2.45) is 0 Å². The maximum Gasteiger partial charge on any atom is 0.277 e. The number of thioether (sulfide) groups is 1. The molecule has 0 aliphatic carbocycles. The fraction of sp³-hybridized carbons (Fsp3) is 0.286. The Morgan fingerprint density at radius 3 is 2.74 bits per heavy atom. The van der Waals surface area contributed by atoms with Crippen LogP contribution in [0.1, 0.15) is 24.4 Å². The van der Waals surface area contributed by atoms with Gasteiger partial charge in [0.05, 0.1) is 11.8 Å². The Morgan fingerprint density at radius 2 is 1.94 bits per heavy atom. The highest BCUT2D eigenvalue weighted by atomic mass is 32.2. The number of aromatic nitrogens is 2. The second kappa shape index (κ2) is 9.69. The minimum absolute atomic E-state index is 0.0482. The topological polar surface area (TPSA) is 95.7 Å². The molecule has 1 aliphatic heterocycles. The number of carbonyl (C=O) groups is 1. The number of benzene rings is 2. The van der Waals surface area contributed by atoms with Gasteiger partial charge < -0.3 is 23.9 Å². The van der Waals surface area contributed by atoms with Crippen molar-refractivity contribution in [2.75, 3.05) is 19.0 Å². The van der Waals surface area contributed by atoms with Crippen LogP contribution in [0.5, 0.6) is 17.2 Å². The van der Waals surface area contributed by atoms with E-state index < -0.39 is 0 Å². The molecule has 0 saturated heterocycles. The summed E-state index contributed by atoms with van der Waals surface area (Å²) in [6, 6.07) is 11.0. The summed E-state index contributed by atoms with van der Waals surface area (Å²) in [5.41, 5.74) is 0.917. The van der Waals surface area contributed by atoms with Crippen molar-refractivity contribution >= 4 is 17.7 Å². The molecule has 31 heavy (non-hydrogen) atoms. The summed E-state index contributed by atoms with van der Waals surface area (Å²) >= 11 is 1.13. The van der Waals surface area contributed by atoms with E-state index in [9.17, 15) is 9.18 Å². The molecular formula is C21H20FN3O5S. The summed E-state index contributed by atoms with van der Waals surface area (Å²) < 4.78 is 34.9. The van der Waals surface area contributed by atoms with E-state index in [1.54, 1.807) is 0 Å². The highest BCUT2D eigenvalue weighted by Gasteiger charge is 2.17. The molecule has 2 aromatic carbocycles. The molecule has 2 heterocycles. The van der Waals surface area contributed by atoms with Crippen LogP contribution < -0.4 is 19.5 Å². The maximum absolute atomic E-state index is 12.9. The fourth-order valence-electron chi connectivity index (χ4n) is 2.85. The molecule has 8 nitrogen and oxygen atoms in total. The largest absolute Gasteiger partial charge is 0.486 e. The Kier molecular flexibility index (Phi) is 6.56. The first kappa shape index (κ1) is 21.0. The lowest BCUT2D eigenvalue weighted by Gasteiger charge is -2.21. The van der Waals surface area contributed by atoms with Crippen molar-refractivity contribution in [2.45, 2.75) is 24.8 Å². The molecule has 0 fully saturated rings. The molecule has 1 amide bonds. The minimum atomic E-state index is -0.342. The average molecular weight is 445 g/mol. The number of hydrogen-bond donors (Lipinski definition) is 1. The normalized spacial score (nSPS) is 13.5. The van der Waals surface area contributed by atoms with Crippen molar-refractivity contribution in [1.29, 1.82) is 0 Å². The van der Waals surface area contributed by atoms with Gasteiger partial charge in [0.2, 0.25) is 5.91 Å². The van der Waals surface area contributed by atoms with Crippen molar-refractivity contribution in [3.8, 4) is 17.2 Å². The highest BCUT2D eigenvalue weighted by molar-refractivity contribution is 7.99. The van der Waals surface area contributed by atoms with Crippen LogP contribution in [-0.4, -0.2) is 35.1 Å². The lowest BCUT2D eigenvalue weighted by atomic mass is 10.1. The van der Waals surface area contributed by atoms with Crippen molar-refractivity contribution in [3.05, 3.63) is 59.7 Å². The number of ether oxygens (including phenoxy) is 3. The Morgan fingerprint density at radius 1 is 1.16 bits per heavy atom. The third-order valence-electron chi connectivity index (χ3n) is 4.39. The van der Waals surface area contributed by atoms with Crippen LogP contribution in [0.3, 0.4) is 0 Å². The van der Waals surface area contributed by atoms with Crippen LogP contribution in [0.15, 0.2) is 52.1 Å². The zero-order valence-corrected chi connectivity index (χ0v) is 17.5. The second-order valence-electron chi connectivity index (χ2n) is 6.69. The Balaban J connectivity index is 1.24. The lowest BCUT2D eigenvalue weighted by molar-refractivity contribution is -0.119. The highest BCUT2D eigenvalue weighted by Crippen LogP contribution is 2.32. The molecule has 0 radical (unpaired) electrons. The van der Waals surface area contributed by atoms with Gasteiger partial charge in [-0.3, -0.25) is 4.79 Å². The molecule has 0 saturated carbocycles. The number of halogens is 1. The third kappa shape index (κ3) is 5.66. The maximum atomic E-state index is 12.9. The van der Waals surface area contributed by atoms with Crippen LogP contribution in [-0.2, 0) is 11.4 Å². The summed E-state index contributed by atoms with van der Waals surface area (Å²) in [4.78, 5) is 12.3. The molecule has 1 N–H and O–H groups in total. The van der Waals surface area contributed by atoms with Gasteiger partial charge in [-0.25, -0.2) is 4.39 Å². The first-order valence-corrected chi connectivity index (χ1v) is 10.6. The first-order chi connectivity index (χ1) is 15.1. The summed E-state index contributed by atoms with van der Waals surface area (Å²) in [5.74, 6) is 1.74.